The van der Waals surface area contributed by atoms with Crippen molar-refractivity contribution in [2.45, 2.75) is 19.1 Å². The van der Waals surface area contributed by atoms with Crippen molar-refractivity contribution >= 4 is 39.1 Å². The first-order valence-electron chi connectivity index (χ1n) is 5.27. The third-order valence-electron chi connectivity index (χ3n) is 2.89. The Balaban J connectivity index is 2.40. The molecule has 0 spiro atoms. The van der Waals surface area contributed by atoms with Crippen molar-refractivity contribution < 1.29 is 19.4 Å². The molecule has 2 heterocycles. The van der Waals surface area contributed by atoms with Gasteiger partial charge < -0.3 is 14.7 Å². The van der Waals surface area contributed by atoms with Crippen LogP contribution in [0.1, 0.15) is 15.8 Å². The van der Waals surface area contributed by atoms with Crippen LogP contribution in [0, 0.1) is 6.92 Å². The maximum absolute atomic E-state index is 11.6. The Morgan fingerprint density at radius 3 is 2.83 bits per heavy atom. The number of amides is 1. The van der Waals surface area contributed by atoms with Crippen LogP contribution in [0.3, 0.4) is 0 Å². The van der Waals surface area contributed by atoms with Crippen LogP contribution in [-0.2, 0) is 14.3 Å². The summed E-state index contributed by atoms with van der Waals surface area (Å²) in [6, 6.07) is 1.28. The Kier molecular flexibility index (Phi) is 3.74. The van der Waals surface area contributed by atoms with Crippen LogP contribution < -0.4 is 0 Å². The zero-order valence-electron chi connectivity index (χ0n) is 9.84. The van der Waals surface area contributed by atoms with E-state index in [0.717, 1.165) is 14.2 Å². The first-order valence-corrected chi connectivity index (χ1v) is 6.88. The van der Waals surface area contributed by atoms with Crippen molar-refractivity contribution in [1.29, 1.82) is 0 Å². The fourth-order valence-electron chi connectivity index (χ4n) is 1.89. The van der Waals surface area contributed by atoms with Crippen LogP contribution in [0.2, 0.25) is 0 Å². The molecule has 0 aromatic carbocycles. The number of carboxylic acid groups (broad SMARTS) is 1. The number of hydrogen-bond acceptors (Lipinski definition) is 4. The standard InChI is InChI=1S/C11H12BrNO4S/c1-5-6(12)3-7(18-5)9-10(11(15)16)17-4-8(14)13(9)2/h3,9-10H,4H2,1-2H3,(H,15,16). The summed E-state index contributed by atoms with van der Waals surface area (Å²) in [6.07, 6.45) is -1.02. The third-order valence-corrected chi connectivity index (χ3v) is 5.10. The van der Waals surface area contributed by atoms with Crippen LogP contribution >= 0.6 is 27.3 Å². The Labute approximate surface area is 116 Å². The second kappa shape index (κ2) is 4.99. The smallest absolute Gasteiger partial charge is 0.335 e. The molecular weight excluding hydrogens is 322 g/mol. The number of aliphatic carboxylic acids is 1. The molecule has 1 fully saturated rings. The molecule has 18 heavy (non-hydrogen) atoms. The van der Waals surface area contributed by atoms with E-state index in [2.05, 4.69) is 15.9 Å². The maximum atomic E-state index is 11.6. The van der Waals surface area contributed by atoms with Gasteiger partial charge in [-0.2, -0.15) is 0 Å². The maximum Gasteiger partial charge on any atom is 0.335 e. The Hall–Kier alpha value is -0.920. The monoisotopic (exact) mass is 333 g/mol. The lowest BCUT2D eigenvalue weighted by molar-refractivity contribution is -0.171. The van der Waals surface area contributed by atoms with Crippen molar-refractivity contribution in [3.8, 4) is 0 Å². The summed E-state index contributed by atoms with van der Waals surface area (Å²) in [5.74, 6) is -1.26. The summed E-state index contributed by atoms with van der Waals surface area (Å²) < 4.78 is 6.05. The van der Waals surface area contributed by atoms with E-state index in [0.29, 0.717) is 0 Å². The number of carbonyl (C=O) groups excluding carboxylic acids is 1. The number of likely N-dealkylation sites (N-methyl/N-ethyl adjacent to an activating group) is 1. The predicted molar refractivity (Wildman–Crippen MR) is 69.6 cm³/mol. The summed E-state index contributed by atoms with van der Waals surface area (Å²) in [5, 5.41) is 9.18. The number of aryl methyl sites for hydroxylation is 1. The first kappa shape index (κ1) is 13.5. The van der Waals surface area contributed by atoms with Crippen molar-refractivity contribution in [3.05, 3.63) is 20.3 Å². The molecule has 2 unspecified atom stereocenters. The van der Waals surface area contributed by atoms with Crippen LogP contribution in [0.25, 0.3) is 0 Å². The molecule has 0 bridgehead atoms. The molecule has 5 nitrogen and oxygen atoms in total. The van der Waals surface area contributed by atoms with Gasteiger partial charge in [0.25, 0.3) is 0 Å². The van der Waals surface area contributed by atoms with Gasteiger partial charge in [-0.25, -0.2) is 4.79 Å². The van der Waals surface area contributed by atoms with Gasteiger partial charge in [0.15, 0.2) is 6.10 Å². The van der Waals surface area contributed by atoms with Crippen LogP contribution in [-0.4, -0.2) is 41.6 Å². The quantitative estimate of drug-likeness (QED) is 0.896. The van der Waals surface area contributed by atoms with E-state index in [4.69, 9.17) is 4.74 Å². The second-order valence-electron chi connectivity index (χ2n) is 4.07. The largest absolute Gasteiger partial charge is 0.479 e. The molecule has 2 rings (SSSR count). The summed E-state index contributed by atoms with van der Waals surface area (Å²) in [6.45, 7) is 1.75. The predicted octanol–water partition coefficient (Wildman–Crippen LogP) is 1.80. The lowest BCUT2D eigenvalue weighted by Gasteiger charge is -2.36. The number of carbonyl (C=O) groups is 2. The molecule has 1 amide bonds. The number of rotatable bonds is 2. The van der Waals surface area contributed by atoms with Crippen molar-refractivity contribution in [1.82, 2.24) is 4.90 Å². The second-order valence-corrected chi connectivity index (χ2v) is 6.21. The lowest BCUT2D eigenvalue weighted by Crippen LogP contribution is -2.49. The first-order chi connectivity index (χ1) is 8.41. The average Bonchev–Trinajstić information content (AvgIpc) is 2.62. The fraction of sp³-hybridized carbons (Fsp3) is 0.455. The summed E-state index contributed by atoms with van der Waals surface area (Å²) in [7, 11) is 1.61. The molecule has 1 aliphatic heterocycles. The minimum Gasteiger partial charge on any atom is -0.479 e. The van der Waals surface area contributed by atoms with Gasteiger partial charge >= 0.3 is 5.97 Å². The highest BCUT2D eigenvalue weighted by Crippen LogP contribution is 2.37. The molecule has 1 aromatic heterocycles. The van der Waals surface area contributed by atoms with E-state index in [1.165, 1.54) is 16.2 Å². The van der Waals surface area contributed by atoms with Gasteiger partial charge in [0, 0.05) is 21.3 Å². The van der Waals surface area contributed by atoms with Gasteiger partial charge in [0.2, 0.25) is 5.91 Å². The van der Waals surface area contributed by atoms with E-state index in [1.54, 1.807) is 7.05 Å². The molecule has 98 valence electrons. The molecule has 0 aliphatic carbocycles. The van der Waals surface area contributed by atoms with Crippen LogP contribution in [0.15, 0.2) is 10.5 Å². The highest BCUT2D eigenvalue weighted by atomic mass is 79.9. The summed E-state index contributed by atoms with van der Waals surface area (Å²) >= 11 is 4.86. The molecule has 0 saturated carbocycles. The highest BCUT2D eigenvalue weighted by molar-refractivity contribution is 9.10. The van der Waals surface area contributed by atoms with Gasteiger partial charge in [0.05, 0.1) is 0 Å². The Morgan fingerprint density at radius 2 is 2.33 bits per heavy atom. The zero-order chi connectivity index (χ0) is 13.4. The van der Waals surface area contributed by atoms with Gasteiger partial charge in [-0.15, -0.1) is 11.3 Å². The van der Waals surface area contributed by atoms with Crippen molar-refractivity contribution in [2.75, 3.05) is 13.7 Å². The van der Waals surface area contributed by atoms with Gasteiger partial charge in [-0.3, -0.25) is 4.79 Å². The molecule has 1 saturated heterocycles. The van der Waals surface area contributed by atoms with Crippen molar-refractivity contribution in [2.24, 2.45) is 0 Å². The fourth-order valence-corrected chi connectivity index (χ4v) is 3.62. The third kappa shape index (κ3) is 2.30. The molecule has 7 heteroatoms. The Bertz CT molecular complexity index is 482. The molecular formula is C11H12BrNO4S. The number of thiophene rings is 1. The van der Waals surface area contributed by atoms with Crippen molar-refractivity contribution in [3.63, 3.8) is 0 Å². The van der Waals surface area contributed by atoms with Gasteiger partial charge in [-0.05, 0) is 28.9 Å². The van der Waals surface area contributed by atoms with E-state index in [9.17, 15) is 14.7 Å². The van der Waals surface area contributed by atoms with E-state index in [1.807, 2.05) is 13.0 Å². The van der Waals surface area contributed by atoms with Crippen LogP contribution in [0.4, 0.5) is 0 Å². The summed E-state index contributed by atoms with van der Waals surface area (Å²) in [4.78, 5) is 26.1. The number of halogens is 1. The number of carboxylic acids is 1. The highest BCUT2D eigenvalue weighted by Gasteiger charge is 2.41. The normalized spacial score (nSPS) is 24.4. The molecule has 1 aromatic rings. The summed E-state index contributed by atoms with van der Waals surface area (Å²) in [5.41, 5.74) is 0. The lowest BCUT2D eigenvalue weighted by atomic mass is 10.1. The number of ether oxygens (including phenoxy) is 1. The molecule has 1 N–H and O–H groups in total. The number of morpholine rings is 1. The molecule has 2 atom stereocenters. The van der Waals surface area contributed by atoms with E-state index >= 15 is 0 Å². The SMILES string of the molecule is Cc1sc(C2C(C(=O)O)OCC(=O)N2C)cc1Br. The minimum absolute atomic E-state index is 0.185. The average molecular weight is 334 g/mol. The number of nitrogens with zero attached hydrogens (tertiary/aromatic N) is 1. The van der Waals surface area contributed by atoms with Crippen LogP contribution in [0.5, 0.6) is 0 Å². The minimum atomic E-state index is -1.05. The van der Waals surface area contributed by atoms with Gasteiger partial charge in [0.1, 0.15) is 12.6 Å². The topological polar surface area (TPSA) is 66.8 Å². The zero-order valence-corrected chi connectivity index (χ0v) is 12.2. The molecule has 0 radical (unpaired) electrons. The van der Waals surface area contributed by atoms with E-state index < -0.39 is 18.1 Å². The Morgan fingerprint density at radius 1 is 1.67 bits per heavy atom. The molecule has 1 aliphatic rings. The number of hydrogen-bond donors (Lipinski definition) is 1. The van der Waals surface area contributed by atoms with Gasteiger partial charge in [-0.1, -0.05) is 0 Å². The van der Waals surface area contributed by atoms with E-state index in [-0.39, 0.29) is 12.5 Å².